The Morgan fingerprint density at radius 2 is 2.09 bits per heavy atom. The molecule has 122 valence electrons. The first-order chi connectivity index (χ1) is 10.7. The zero-order chi connectivity index (χ0) is 15.9. The first-order valence-electron chi connectivity index (χ1n) is 7.89. The Morgan fingerprint density at radius 3 is 2.68 bits per heavy atom. The molecule has 5 nitrogen and oxygen atoms in total. The van der Waals surface area contributed by atoms with Crippen molar-refractivity contribution in [1.82, 2.24) is 4.90 Å². The van der Waals surface area contributed by atoms with Crippen molar-refractivity contribution in [3.63, 3.8) is 0 Å². The Morgan fingerprint density at radius 1 is 1.36 bits per heavy atom. The average molecular weight is 307 g/mol. The third kappa shape index (κ3) is 4.13. The van der Waals surface area contributed by atoms with Gasteiger partial charge < -0.3 is 14.6 Å². The van der Waals surface area contributed by atoms with E-state index in [0.717, 1.165) is 43.1 Å². The molecule has 0 aliphatic carbocycles. The number of carboxylic acid groups (broad SMARTS) is 1. The number of piperidine rings is 1. The van der Waals surface area contributed by atoms with E-state index in [2.05, 4.69) is 17.9 Å². The summed E-state index contributed by atoms with van der Waals surface area (Å²) >= 11 is 0. The van der Waals surface area contributed by atoms with Crippen LogP contribution in [0.15, 0.2) is 18.2 Å². The molecule has 22 heavy (non-hydrogen) atoms. The minimum Gasteiger partial charge on any atom is -0.493 e. The number of hydrogen-bond donors (Lipinski definition) is 1. The van der Waals surface area contributed by atoms with Crippen LogP contribution in [0.4, 0.5) is 0 Å². The lowest BCUT2D eigenvalue weighted by molar-refractivity contribution is -0.143. The van der Waals surface area contributed by atoms with Gasteiger partial charge in [-0.3, -0.25) is 9.69 Å². The van der Waals surface area contributed by atoms with Gasteiger partial charge in [-0.15, -0.1) is 0 Å². The smallest absolute Gasteiger partial charge is 0.306 e. The lowest BCUT2D eigenvalue weighted by Gasteiger charge is -2.30. The van der Waals surface area contributed by atoms with E-state index in [1.807, 2.05) is 12.1 Å². The summed E-state index contributed by atoms with van der Waals surface area (Å²) < 4.78 is 11.3. The zero-order valence-corrected chi connectivity index (χ0v) is 13.4. The second-order valence-corrected chi connectivity index (χ2v) is 5.69. The fourth-order valence-corrected chi connectivity index (χ4v) is 2.79. The van der Waals surface area contributed by atoms with E-state index >= 15 is 0 Å². The third-order valence-corrected chi connectivity index (χ3v) is 4.06. The number of benzene rings is 1. The van der Waals surface area contributed by atoms with Gasteiger partial charge in [0.05, 0.1) is 19.6 Å². The summed E-state index contributed by atoms with van der Waals surface area (Å²) in [4.78, 5) is 13.3. The fraction of sp³-hybridized carbons (Fsp3) is 0.588. The number of hydrogen-bond acceptors (Lipinski definition) is 4. The highest BCUT2D eigenvalue weighted by Crippen LogP contribution is 2.33. The van der Waals surface area contributed by atoms with E-state index in [1.54, 1.807) is 7.11 Å². The molecule has 0 amide bonds. The minimum atomic E-state index is -0.673. The lowest BCUT2D eigenvalue weighted by Crippen LogP contribution is -2.35. The van der Waals surface area contributed by atoms with E-state index in [9.17, 15) is 4.79 Å². The van der Waals surface area contributed by atoms with Gasteiger partial charge in [-0.1, -0.05) is 19.1 Å². The van der Waals surface area contributed by atoms with Gasteiger partial charge in [0.25, 0.3) is 0 Å². The molecular formula is C17H25NO4. The Kier molecular flexibility index (Phi) is 6.07. The molecule has 1 aliphatic heterocycles. The summed E-state index contributed by atoms with van der Waals surface area (Å²) in [5.74, 6) is 0.698. The van der Waals surface area contributed by atoms with E-state index < -0.39 is 5.97 Å². The van der Waals surface area contributed by atoms with Crippen molar-refractivity contribution in [1.29, 1.82) is 0 Å². The molecule has 0 saturated carbocycles. The van der Waals surface area contributed by atoms with Gasteiger partial charge in [0.2, 0.25) is 0 Å². The molecule has 1 aliphatic rings. The van der Waals surface area contributed by atoms with Crippen LogP contribution in [0.3, 0.4) is 0 Å². The molecule has 1 aromatic rings. The maximum absolute atomic E-state index is 11.0. The van der Waals surface area contributed by atoms with Crippen LogP contribution < -0.4 is 9.47 Å². The highest BCUT2D eigenvalue weighted by molar-refractivity contribution is 5.70. The SMILES string of the molecule is CCCOc1c(CN2CCC(C(=O)O)CC2)cccc1OC. The van der Waals surface area contributed by atoms with Crippen molar-refractivity contribution in [2.45, 2.75) is 32.7 Å². The summed E-state index contributed by atoms with van der Waals surface area (Å²) in [7, 11) is 1.65. The van der Waals surface area contributed by atoms with Crippen molar-refractivity contribution >= 4 is 5.97 Å². The monoisotopic (exact) mass is 307 g/mol. The lowest BCUT2D eigenvalue weighted by atomic mass is 9.97. The maximum atomic E-state index is 11.0. The molecule has 0 bridgehead atoms. The minimum absolute atomic E-state index is 0.197. The molecule has 1 saturated heterocycles. The van der Waals surface area contributed by atoms with Crippen LogP contribution >= 0.6 is 0 Å². The Balaban J connectivity index is 2.04. The van der Waals surface area contributed by atoms with Gasteiger partial charge in [0.15, 0.2) is 11.5 Å². The Bertz CT molecular complexity index is 495. The highest BCUT2D eigenvalue weighted by Gasteiger charge is 2.25. The Hall–Kier alpha value is -1.75. The predicted octanol–water partition coefficient (Wildman–Crippen LogP) is 2.78. The van der Waals surface area contributed by atoms with Gasteiger partial charge in [0, 0.05) is 12.1 Å². The number of aliphatic carboxylic acids is 1. The van der Waals surface area contributed by atoms with E-state index in [1.165, 1.54) is 0 Å². The summed E-state index contributed by atoms with van der Waals surface area (Å²) in [5, 5.41) is 9.07. The predicted molar refractivity (Wildman–Crippen MR) is 84.4 cm³/mol. The molecule has 1 fully saturated rings. The molecule has 0 spiro atoms. The second-order valence-electron chi connectivity index (χ2n) is 5.69. The summed E-state index contributed by atoms with van der Waals surface area (Å²) in [6.45, 7) is 5.12. The third-order valence-electron chi connectivity index (χ3n) is 4.06. The first-order valence-corrected chi connectivity index (χ1v) is 7.89. The molecular weight excluding hydrogens is 282 g/mol. The van der Waals surface area contributed by atoms with Crippen molar-refractivity contribution in [3.8, 4) is 11.5 Å². The van der Waals surface area contributed by atoms with Crippen molar-refractivity contribution < 1.29 is 19.4 Å². The van der Waals surface area contributed by atoms with E-state index in [4.69, 9.17) is 14.6 Å². The van der Waals surface area contributed by atoms with Crippen LogP contribution in [0.25, 0.3) is 0 Å². The summed E-state index contributed by atoms with van der Waals surface area (Å²) in [5.41, 5.74) is 1.10. The van der Waals surface area contributed by atoms with E-state index in [0.29, 0.717) is 19.4 Å². The topological polar surface area (TPSA) is 59.0 Å². The van der Waals surface area contributed by atoms with E-state index in [-0.39, 0.29) is 5.92 Å². The number of nitrogens with zero attached hydrogens (tertiary/aromatic N) is 1. The van der Waals surface area contributed by atoms with Gasteiger partial charge in [-0.2, -0.15) is 0 Å². The highest BCUT2D eigenvalue weighted by atomic mass is 16.5. The van der Waals surface area contributed by atoms with Gasteiger partial charge in [-0.05, 0) is 38.4 Å². The number of rotatable bonds is 7. The quantitative estimate of drug-likeness (QED) is 0.839. The molecule has 1 N–H and O–H groups in total. The van der Waals surface area contributed by atoms with Crippen LogP contribution in [0, 0.1) is 5.92 Å². The average Bonchev–Trinajstić information content (AvgIpc) is 2.54. The summed E-state index contributed by atoms with van der Waals surface area (Å²) in [6, 6.07) is 5.93. The number of carbonyl (C=O) groups is 1. The molecule has 0 atom stereocenters. The van der Waals surface area contributed by atoms with Crippen LogP contribution in [0.2, 0.25) is 0 Å². The normalized spacial score (nSPS) is 16.5. The van der Waals surface area contributed by atoms with Crippen molar-refractivity contribution in [2.24, 2.45) is 5.92 Å². The van der Waals surface area contributed by atoms with Crippen LogP contribution in [-0.4, -0.2) is 42.8 Å². The van der Waals surface area contributed by atoms with Crippen LogP contribution in [-0.2, 0) is 11.3 Å². The summed E-state index contributed by atoms with van der Waals surface area (Å²) in [6.07, 6.45) is 2.37. The molecule has 5 heteroatoms. The largest absolute Gasteiger partial charge is 0.493 e. The number of methoxy groups -OCH3 is 1. The van der Waals surface area contributed by atoms with Crippen molar-refractivity contribution in [2.75, 3.05) is 26.8 Å². The number of ether oxygens (including phenoxy) is 2. The molecule has 0 unspecified atom stereocenters. The molecule has 1 aromatic carbocycles. The number of para-hydroxylation sites is 1. The number of carboxylic acids is 1. The van der Waals surface area contributed by atoms with Crippen LogP contribution in [0.5, 0.6) is 11.5 Å². The van der Waals surface area contributed by atoms with Crippen molar-refractivity contribution in [3.05, 3.63) is 23.8 Å². The first kappa shape index (κ1) is 16.6. The van der Waals surface area contributed by atoms with Gasteiger partial charge in [0.1, 0.15) is 0 Å². The molecule has 1 heterocycles. The second kappa shape index (κ2) is 8.03. The number of likely N-dealkylation sites (tertiary alicyclic amines) is 1. The van der Waals surface area contributed by atoms with Crippen LogP contribution in [0.1, 0.15) is 31.7 Å². The fourth-order valence-electron chi connectivity index (χ4n) is 2.79. The Labute approximate surface area is 131 Å². The molecule has 2 rings (SSSR count). The maximum Gasteiger partial charge on any atom is 0.306 e. The standard InChI is InChI=1S/C17H25NO4/c1-3-11-22-16-14(5-4-6-15(16)21-2)12-18-9-7-13(8-10-18)17(19)20/h4-6,13H,3,7-12H2,1-2H3,(H,19,20). The zero-order valence-electron chi connectivity index (χ0n) is 13.4. The van der Waals surface area contributed by atoms with Gasteiger partial charge in [-0.25, -0.2) is 0 Å². The molecule has 0 radical (unpaired) electrons. The van der Waals surface area contributed by atoms with Gasteiger partial charge >= 0.3 is 5.97 Å². The molecule has 0 aromatic heterocycles.